The van der Waals surface area contributed by atoms with E-state index in [1.54, 1.807) is 13.8 Å². The predicted molar refractivity (Wildman–Crippen MR) is 109 cm³/mol. The molecule has 2 aromatic rings. The van der Waals surface area contributed by atoms with Crippen LogP contribution in [0.4, 0.5) is 0 Å². The third-order valence-corrected chi connectivity index (χ3v) is 5.29. The fourth-order valence-corrected chi connectivity index (χ4v) is 3.80. The fraction of sp³-hybridized carbons (Fsp3) is 0.333. The van der Waals surface area contributed by atoms with Crippen LogP contribution in [-0.4, -0.2) is 34.2 Å². The number of aromatic nitrogens is 1. The van der Waals surface area contributed by atoms with Gasteiger partial charge in [-0.25, -0.2) is 9.78 Å². The van der Waals surface area contributed by atoms with E-state index in [0.29, 0.717) is 22.8 Å². The number of benzene rings is 1. The fourth-order valence-electron chi connectivity index (χ4n) is 3.21. The maximum Gasteiger partial charge on any atom is 0.338 e. The summed E-state index contributed by atoms with van der Waals surface area (Å²) in [5.74, 6) is -0.242. The molecule has 0 saturated heterocycles. The number of amides is 1. The van der Waals surface area contributed by atoms with E-state index in [2.05, 4.69) is 4.98 Å². The summed E-state index contributed by atoms with van der Waals surface area (Å²) in [5, 5.41) is 2.75. The summed E-state index contributed by atoms with van der Waals surface area (Å²) in [4.78, 5) is 36.0. The molecule has 146 valence electrons. The third-order valence-electron chi connectivity index (χ3n) is 4.51. The lowest BCUT2D eigenvalue weighted by Gasteiger charge is -2.32. The van der Waals surface area contributed by atoms with Crippen LogP contribution < -0.4 is 0 Å². The Kier molecular flexibility index (Phi) is 5.74. The summed E-state index contributed by atoms with van der Waals surface area (Å²) in [5.41, 5.74) is 3.49. The smallest absolute Gasteiger partial charge is 0.338 e. The Bertz CT molecular complexity index is 973. The van der Waals surface area contributed by atoms with Gasteiger partial charge in [-0.15, -0.1) is 11.3 Å². The zero-order chi connectivity index (χ0) is 20.4. The summed E-state index contributed by atoms with van der Waals surface area (Å²) in [7, 11) is 0. The highest BCUT2D eigenvalue weighted by molar-refractivity contribution is 7.09. The molecule has 28 heavy (non-hydrogen) atoms. The van der Waals surface area contributed by atoms with Gasteiger partial charge in [-0.05, 0) is 33.3 Å². The monoisotopic (exact) mass is 397 g/mol. The number of nitrogens with zero attached hydrogens (tertiary/aromatic N) is 3. The number of carbonyl (C=O) groups is 2. The van der Waals surface area contributed by atoms with Crippen molar-refractivity contribution in [3.63, 3.8) is 0 Å². The first-order valence-electron chi connectivity index (χ1n) is 9.09. The summed E-state index contributed by atoms with van der Waals surface area (Å²) < 4.78 is 5.28. The zero-order valence-electron chi connectivity index (χ0n) is 16.6. The van der Waals surface area contributed by atoms with Crippen molar-refractivity contribution in [3.05, 3.63) is 62.7 Å². The zero-order valence-corrected chi connectivity index (χ0v) is 17.5. The Morgan fingerprint density at radius 2 is 1.86 bits per heavy atom. The van der Waals surface area contributed by atoms with Crippen molar-refractivity contribution in [2.45, 2.75) is 40.7 Å². The molecule has 0 saturated carbocycles. The van der Waals surface area contributed by atoms with Gasteiger partial charge in [0, 0.05) is 18.0 Å². The van der Waals surface area contributed by atoms with Crippen LogP contribution in [0.5, 0.6) is 0 Å². The molecule has 6 nitrogen and oxygen atoms in total. The molecule has 0 aliphatic carbocycles. The van der Waals surface area contributed by atoms with Crippen LogP contribution in [-0.2, 0) is 14.3 Å². The molecule has 0 bridgehead atoms. The molecule has 0 spiro atoms. The molecular formula is C21H23N3O3S. The van der Waals surface area contributed by atoms with Crippen LogP contribution in [0.1, 0.15) is 48.6 Å². The minimum absolute atomic E-state index is 0.231. The molecule has 1 aliphatic heterocycles. The summed E-state index contributed by atoms with van der Waals surface area (Å²) in [6, 6.07) is 7.29. The van der Waals surface area contributed by atoms with Crippen molar-refractivity contribution >= 4 is 29.0 Å². The van der Waals surface area contributed by atoms with Crippen LogP contribution in [0.25, 0.3) is 0 Å². The average molecular weight is 398 g/mol. The Morgan fingerprint density at radius 1 is 1.18 bits per heavy atom. The molecule has 1 aliphatic rings. The van der Waals surface area contributed by atoms with Gasteiger partial charge in [-0.1, -0.05) is 29.8 Å². The molecule has 0 fully saturated rings. The number of aliphatic imine (C=N–C) groups is 1. The summed E-state index contributed by atoms with van der Waals surface area (Å²) in [6.45, 7) is 9.11. The maximum atomic E-state index is 12.8. The Morgan fingerprint density at radius 3 is 2.39 bits per heavy atom. The van der Waals surface area contributed by atoms with Gasteiger partial charge in [0.15, 0.2) is 5.84 Å². The van der Waals surface area contributed by atoms with Gasteiger partial charge in [0.2, 0.25) is 5.91 Å². The van der Waals surface area contributed by atoms with Gasteiger partial charge in [-0.2, -0.15) is 0 Å². The second-order valence-electron chi connectivity index (χ2n) is 6.59. The van der Waals surface area contributed by atoms with Crippen molar-refractivity contribution in [2.75, 3.05) is 6.61 Å². The Labute approximate surface area is 168 Å². The summed E-state index contributed by atoms with van der Waals surface area (Å²) >= 11 is 1.49. The van der Waals surface area contributed by atoms with Gasteiger partial charge in [-0.3, -0.25) is 14.7 Å². The molecule has 1 aromatic heterocycles. The number of thiazole rings is 1. The quantitative estimate of drug-likeness (QED) is 0.733. The topological polar surface area (TPSA) is 71.9 Å². The number of amidine groups is 1. The SMILES string of the molecule is CCOC(=O)C1=C(C)N(C(C)=O)C(c2csc(C)n2)=N[C@H]1c1ccc(C)cc1. The van der Waals surface area contributed by atoms with Crippen LogP contribution >= 0.6 is 11.3 Å². The standard InChI is InChI=1S/C21H23N3O3S/c1-6-27-21(26)18-13(3)24(15(5)25)20(17-11-28-14(4)22-17)23-19(18)16-9-7-12(2)8-10-16/h7-11,19H,6H2,1-5H3/t19-/m0/s1. The molecule has 2 heterocycles. The number of rotatable bonds is 4. The molecule has 0 radical (unpaired) electrons. The number of hydrogen-bond donors (Lipinski definition) is 0. The van der Waals surface area contributed by atoms with E-state index >= 15 is 0 Å². The highest BCUT2D eigenvalue weighted by Gasteiger charge is 2.36. The average Bonchev–Trinajstić information content (AvgIpc) is 3.07. The Hall–Kier alpha value is -2.80. The second-order valence-corrected chi connectivity index (χ2v) is 7.65. The third kappa shape index (κ3) is 3.75. The molecule has 1 amide bonds. The van der Waals surface area contributed by atoms with Crippen LogP contribution in [0.15, 0.2) is 45.9 Å². The number of carbonyl (C=O) groups excluding carboxylic acids is 2. The molecule has 0 unspecified atom stereocenters. The second kappa shape index (κ2) is 8.06. The lowest BCUT2D eigenvalue weighted by molar-refractivity contribution is -0.139. The molecule has 7 heteroatoms. The number of esters is 1. The predicted octanol–water partition coefficient (Wildman–Crippen LogP) is 3.95. The van der Waals surface area contributed by atoms with E-state index in [9.17, 15) is 9.59 Å². The number of hydrogen-bond acceptors (Lipinski definition) is 6. The van der Waals surface area contributed by atoms with Gasteiger partial charge >= 0.3 is 5.97 Å². The van der Waals surface area contributed by atoms with Gasteiger partial charge in [0.25, 0.3) is 0 Å². The van der Waals surface area contributed by atoms with E-state index < -0.39 is 12.0 Å². The highest BCUT2D eigenvalue weighted by Crippen LogP contribution is 2.36. The van der Waals surface area contributed by atoms with Crippen molar-refractivity contribution in [1.29, 1.82) is 0 Å². The lowest BCUT2D eigenvalue weighted by Crippen LogP contribution is -2.40. The van der Waals surface area contributed by atoms with E-state index in [-0.39, 0.29) is 12.5 Å². The van der Waals surface area contributed by atoms with Gasteiger partial charge in [0.1, 0.15) is 11.7 Å². The normalized spacial score (nSPS) is 16.8. The van der Waals surface area contributed by atoms with Gasteiger partial charge in [0.05, 0.1) is 17.2 Å². The van der Waals surface area contributed by atoms with Crippen LogP contribution in [0, 0.1) is 13.8 Å². The van der Waals surface area contributed by atoms with E-state index in [1.165, 1.54) is 23.2 Å². The van der Waals surface area contributed by atoms with Crippen molar-refractivity contribution in [1.82, 2.24) is 9.88 Å². The largest absolute Gasteiger partial charge is 0.463 e. The van der Waals surface area contributed by atoms with Crippen LogP contribution in [0.3, 0.4) is 0 Å². The van der Waals surface area contributed by atoms with Gasteiger partial charge < -0.3 is 4.74 Å². The van der Waals surface area contributed by atoms with Crippen molar-refractivity contribution in [2.24, 2.45) is 4.99 Å². The minimum Gasteiger partial charge on any atom is -0.463 e. The number of allylic oxidation sites excluding steroid dienone is 1. The molecule has 1 atom stereocenters. The Balaban J connectivity index is 2.21. The minimum atomic E-state index is -0.563. The van der Waals surface area contributed by atoms with E-state index in [1.807, 2.05) is 43.5 Å². The first-order valence-corrected chi connectivity index (χ1v) is 9.96. The van der Waals surface area contributed by atoms with Crippen LogP contribution in [0.2, 0.25) is 0 Å². The lowest BCUT2D eigenvalue weighted by atomic mass is 9.94. The molecule has 3 rings (SSSR count). The maximum absolute atomic E-state index is 12.8. The molecule has 1 aromatic carbocycles. The number of ether oxygens (including phenoxy) is 1. The number of aryl methyl sites for hydroxylation is 2. The highest BCUT2D eigenvalue weighted by atomic mass is 32.1. The van der Waals surface area contributed by atoms with E-state index in [0.717, 1.165) is 16.1 Å². The van der Waals surface area contributed by atoms with E-state index in [4.69, 9.17) is 9.73 Å². The van der Waals surface area contributed by atoms with Crippen molar-refractivity contribution in [3.8, 4) is 0 Å². The van der Waals surface area contributed by atoms with Crippen molar-refractivity contribution < 1.29 is 14.3 Å². The first-order chi connectivity index (χ1) is 13.3. The molecular weight excluding hydrogens is 374 g/mol. The first kappa shape index (κ1) is 19.9. The molecule has 0 N–H and O–H groups in total. The summed E-state index contributed by atoms with van der Waals surface area (Å²) in [6.07, 6.45) is 0.